The van der Waals surface area contributed by atoms with E-state index < -0.39 is 0 Å². The van der Waals surface area contributed by atoms with Crippen LogP contribution >= 0.6 is 0 Å². The number of esters is 1. The lowest BCUT2D eigenvalue weighted by Gasteiger charge is -2.55. The van der Waals surface area contributed by atoms with Crippen molar-refractivity contribution >= 4 is 5.97 Å². The van der Waals surface area contributed by atoms with Gasteiger partial charge in [-0.2, -0.15) is 0 Å². The van der Waals surface area contributed by atoms with Crippen molar-refractivity contribution in [1.82, 2.24) is 0 Å². The van der Waals surface area contributed by atoms with Crippen LogP contribution in [0.3, 0.4) is 0 Å². The lowest BCUT2D eigenvalue weighted by molar-refractivity contribution is -0.145. The van der Waals surface area contributed by atoms with Gasteiger partial charge in [-0.05, 0) is 66.5 Å². The molecule has 0 saturated heterocycles. The van der Waals surface area contributed by atoms with Gasteiger partial charge >= 0.3 is 5.97 Å². The van der Waals surface area contributed by atoms with Gasteiger partial charge in [0.05, 0.1) is 12.5 Å². The molecule has 0 spiro atoms. The summed E-state index contributed by atoms with van der Waals surface area (Å²) in [6.07, 6.45) is 19.6. The van der Waals surface area contributed by atoms with Crippen LogP contribution in [0.4, 0.5) is 0 Å². The van der Waals surface area contributed by atoms with Gasteiger partial charge in [-0.3, -0.25) is 4.79 Å². The van der Waals surface area contributed by atoms with Crippen molar-refractivity contribution in [3.05, 3.63) is 29.8 Å². The second-order valence-electron chi connectivity index (χ2n) is 13.8. The lowest BCUT2D eigenvalue weighted by atomic mass is 9.50. The number of rotatable bonds is 19. The molecule has 220 valence electrons. The molecule has 1 unspecified atom stereocenters. The average Bonchev–Trinajstić information content (AvgIpc) is 2.84. The maximum atomic E-state index is 12.5. The highest BCUT2D eigenvalue weighted by molar-refractivity contribution is 5.77. The minimum absolute atomic E-state index is 0.186. The van der Waals surface area contributed by atoms with Gasteiger partial charge in [0.25, 0.3) is 0 Å². The summed E-state index contributed by atoms with van der Waals surface area (Å²) in [7, 11) is 0. The third-order valence-corrected chi connectivity index (χ3v) is 9.07. The van der Waals surface area contributed by atoms with Crippen LogP contribution in [0, 0.1) is 16.2 Å². The number of aromatic hydroxyl groups is 1. The first-order valence-electron chi connectivity index (χ1n) is 15.8. The monoisotopic (exact) mass is 530 g/mol. The zero-order chi connectivity index (χ0) is 28.7. The maximum absolute atomic E-state index is 12.5. The average molecular weight is 531 g/mol. The van der Waals surface area contributed by atoms with E-state index >= 15 is 0 Å². The highest BCUT2D eigenvalue weighted by Crippen LogP contribution is 2.57. The summed E-state index contributed by atoms with van der Waals surface area (Å²) < 4.78 is 5.65. The van der Waals surface area contributed by atoms with Gasteiger partial charge < -0.3 is 9.84 Å². The summed E-state index contributed by atoms with van der Waals surface area (Å²) in [6.45, 7) is 19.2. The first-order chi connectivity index (χ1) is 17.9. The third-order valence-electron chi connectivity index (χ3n) is 9.07. The van der Waals surface area contributed by atoms with E-state index in [1.807, 2.05) is 6.92 Å². The number of ether oxygens (including phenoxy) is 1. The van der Waals surface area contributed by atoms with E-state index in [9.17, 15) is 9.90 Å². The maximum Gasteiger partial charge on any atom is 0.313 e. The van der Waals surface area contributed by atoms with Crippen LogP contribution in [-0.4, -0.2) is 17.7 Å². The summed E-state index contributed by atoms with van der Waals surface area (Å²) in [5.41, 5.74) is 1.56. The Balaban J connectivity index is 2.49. The molecule has 0 saturated carbocycles. The fourth-order valence-corrected chi connectivity index (χ4v) is 6.57. The first-order valence-corrected chi connectivity index (χ1v) is 15.8. The zero-order valence-corrected chi connectivity index (χ0v) is 26.5. The summed E-state index contributed by atoms with van der Waals surface area (Å²) in [6, 6.07) is 6.81. The van der Waals surface area contributed by atoms with E-state index in [4.69, 9.17) is 4.74 Å². The van der Waals surface area contributed by atoms with Gasteiger partial charge in [0.2, 0.25) is 0 Å². The number of carbonyl (C=O) groups excluding carboxylic acids is 1. The molecule has 0 aromatic heterocycles. The quantitative estimate of drug-likeness (QED) is 0.143. The van der Waals surface area contributed by atoms with Crippen molar-refractivity contribution in [1.29, 1.82) is 0 Å². The van der Waals surface area contributed by atoms with Crippen LogP contribution in [0.15, 0.2) is 24.3 Å². The number of carbonyl (C=O) groups is 1. The highest BCUT2D eigenvalue weighted by Gasteiger charge is 2.48. The second-order valence-corrected chi connectivity index (χ2v) is 13.8. The van der Waals surface area contributed by atoms with E-state index in [1.54, 1.807) is 24.3 Å². The fraction of sp³-hybridized carbons (Fsp3) is 0.800. The molecule has 0 heterocycles. The number of benzene rings is 1. The molecule has 0 fully saturated rings. The van der Waals surface area contributed by atoms with Crippen LogP contribution in [0.2, 0.25) is 0 Å². The van der Waals surface area contributed by atoms with Crippen LogP contribution in [-0.2, 0) is 9.53 Å². The van der Waals surface area contributed by atoms with Crippen molar-refractivity contribution in [3.63, 3.8) is 0 Å². The molecular weight excluding hydrogens is 468 g/mol. The molecule has 0 bridgehead atoms. The van der Waals surface area contributed by atoms with Crippen LogP contribution in [0.25, 0.3) is 0 Å². The molecule has 1 N–H and O–H groups in total. The van der Waals surface area contributed by atoms with Gasteiger partial charge in [0.1, 0.15) is 5.75 Å². The molecule has 0 radical (unpaired) electrons. The summed E-state index contributed by atoms with van der Waals surface area (Å²) in [5, 5.41) is 9.48. The molecule has 0 aliphatic carbocycles. The molecular formula is C35H62O3. The van der Waals surface area contributed by atoms with Gasteiger partial charge in [-0.15, -0.1) is 0 Å². The molecule has 1 aromatic carbocycles. The molecule has 0 aliphatic heterocycles. The minimum atomic E-state index is -0.320. The van der Waals surface area contributed by atoms with Crippen molar-refractivity contribution in [2.45, 2.75) is 158 Å². The van der Waals surface area contributed by atoms with E-state index in [2.05, 4.69) is 48.5 Å². The SMILES string of the molecule is CCCCCCCCCCCCCC(CCCCOC(=O)C(C)c1ccc(O)cc1)(C(C)(C)C)C(C)(C)C. The predicted molar refractivity (Wildman–Crippen MR) is 164 cm³/mol. The molecule has 3 heteroatoms. The molecule has 0 amide bonds. The van der Waals surface area contributed by atoms with Gasteiger partial charge in [0, 0.05) is 0 Å². The third kappa shape index (κ3) is 11.7. The van der Waals surface area contributed by atoms with Crippen molar-refractivity contribution in [2.75, 3.05) is 6.61 Å². The Hall–Kier alpha value is -1.51. The zero-order valence-electron chi connectivity index (χ0n) is 26.5. The van der Waals surface area contributed by atoms with Crippen molar-refractivity contribution in [3.8, 4) is 5.75 Å². The summed E-state index contributed by atoms with van der Waals surface area (Å²) in [4.78, 5) is 12.5. The minimum Gasteiger partial charge on any atom is -0.508 e. The van der Waals surface area contributed by atoms with E-state index in [1.165, 1.54) is 83.5 Å². The summed E-state index contributed by atoms with van der Waals surface area (Å²) in [5.74, 6) is -0.293. The van der Waals surface area contributed by atoms with Crippen LogP contribution in [0.5, 0.6) is 5.75 Å². The smallest absolute Gasteiger partial charge is 0.313 e. The second kappa shape index (κ2) is 17.2. The highest BCUT2D eigenvalue weighted by atomic mass is 16.5. The number of hydrogen-bond donors (Lipinski definition) is 1. The normalized spacial score (nSPS) is 13.5. The molecule has 3 nitrogen and oxygen atoms in total. The van der Waals surface area contributed by atoms with Gasteiger partial charge in [0.15, 0.2) is 0 Å². The fourth-order valence-electron chi connectivity index (χ4n) is 6.57. The van der Waals surface area contributed by atoms with E-state index in [-0.39, 0.29) is 33.9 Å². The Morgan fingerprint density at radius 3 is 1.58 bits per heavy atom. The Kier molecular flexibility index (Phi) is 15.7. The van der Waals surface area contributed by atoms with Crippen molar-refractivity contribution in [2.24, 2.45) is 16.2 Å². The first kappa shape index (κ1) is 34.5. The van der Waals surface area contributed by atoms with Crippen LogP contribution in [0.1, 0.15) is 163 Å². The van der Waals surface area contributed by atoms with E-state index in [0.717, 1.165) is 18.4 Å². The molecule has 38 heavy (non-hydrogen) atoms. The van der Waals surface area contributed by atoms with Gasteiger partial charge in [-0.1, -0.05) is 131 Å². The number of phenols is 1. The van der Waals surface area contributed by atoms with Gasteiger partial charge in [-0.25, -0.2) is 0 Å². The topological polar surface area (TPSA) is 46.5 Å². The molecule has 1 atom stereocenters. The Morgan fingerprint density at radius 2 is 1.13 bits per heavy atom. The molecule has 0 aliphatic rings. The lowest BCUT2D eigenvalue weighted by Crippen LogP contribution is -2.46. The van der Waals surface area contributed by atoms with Crippen LogP contribution < -0.4 is 0 Å². The number of unbranched alkanes of at least 4 members (excludes halogenated alkanes) is 11. The Bertz CT molecular complexity index is 737. The predicted octanol–water partition coefficient (Wildman–Crippen LogP) is 11.0. The Morgan fingerprint density at radius 1 is 0.711 bits per heavy atom. The molecule has 1 aromatic rings. The van der Waals surface area contributed by atoms with E-state index in [0.29, 0.717) is 6.61 Å². The Labute approximate surface area is 236 Å². The largest absolute Gasteiger partial charge is 0.508 e. The number of hydrogen-bond acceptors (Lipinski definition) is 3. The number of phenolic OH excluding ortho intramolecular Hbond substituents is 1. The summed E-state index contributed by atoms with van der Waals surface area (Å²) >= 11 is 0. The standard InChI is InChI=1S/C35H62O3/c1-9-10-11-12-13-14-15-16-17-18-19-26-35(33(3,4)5,34(6,7)8)27-20-21-28-38-32(37)29(2)30-22-24-31(36)25-23-30/h22-25,29,36H,9-21,26-28H2,1-8H3. The van der Waals surface area contributed by atoms with Crippen molar-refractivity contribution < 1.29 is 14.6 Å². The molecule has 1 rings (SSSR count).